The molecule has 6 nitrogen and oxygen atoms in total. The van der Waals surface area contributed by atoms with Crippen molar-refractivity contribution in [3.05, 3.63) is 58.7 Å². The summed E-state index contributed by atoms with van der Waals surface area (Å²) in [5.41, 5.74) is 3.93. The van der Waals surface area contributed by atoms with Gasteiger partial charge < -0.3 is 10.6 Å². The lowest BCUT2D eigenvalue weighted by Gasteiger charge is -2.17. The molecule has 0 aliphatic carbocycles. The highest BCUT2D eigenvalue weighted by atomic mass is 16.2. The molecule has 0 spiro atoms. The van der Waals surface area contributed by atoms with E-state index in [9.17, 15) is 14.4 Å². The molecule has 6 heteroatoms. The van der Waals surface area contributed by atoms with Gasteiger partial charge in [-0.2, -0.15) is 0 Å². The van der Waals surface area contributed by atoms with Gasteiger partial charge >= 0.3 is 6.03 Å². The lowest BCUT2D eigenvalue weighted by atomic mass is 10.1. The third-order valence-electron chi connectivity index (χ3n) is 4.17. The van der Waals surface area contributed by atoms with Crippen LogP contribution in [0, 0.1) is 13.8 Å². The van der Waals surface area contributed by atoms with Crippen LogP contribution in [-0.2, 0) is 0 Å². The molecule has 1 aliphatic rings. The van der Waals surface area contributed by atoms with Gasteiger partial charge in [0.2, 0.25) is 0 Å². The Hall–Kier alpha value is -3.15. The molecule has 0 unspecified atom stereocenters. The molecule has 26 heavy (non-hydrogen) atoms. The summed E-state index contributed by atoms with van der Waals surface area (Å²) in [6.07, 6.45) is 0. The number of imide groups is 1. The Kier molecular flexibility index (Phi) is 4.50. The fourth-order valence-electron chi connectivity index (χ4n) is 3.15. The van der Waals surface area contributed by atoms with Crippen LogP contribution >= 0.6 is 0 Å². The second-order valence-electron chi connectivity index (χ2n) is 6.79. The van der Waals surface area contributed by atoms with Crippen LogP contribution in [0.3, 0.4) is 0 Å². The van der Waals surface area contributed by atoms with Crippen molar-refractivity contribution in [2.24, 2.45) is 0 Å². The van der Waals surface area contributed by atoms with E-state index in [0.717, 1.165) is 11.1 Å². The summed E-state index contributed by atoms with van der Waals surface area (Å²) in [6, 6.07) is 9.88. The maximum Gasteiger partial charge on any atom is 0.323 e. The quantitative estimate of drug-likeness (QED) is 0.822. The summed E-state index contributed by atoms with van der Waals surface area (Å²) in [5.74, 6) is -0.635. The van der Waals surface area contributed by atoms with Crippen molar-refractivity contribution in [2.75, 3.05) is 10.6 Å². The highest BCUT2D eigenvalue weighted by molar-refractivity contribution is 6.22. The Balaban J connectivity index is 1.77. The van der Waals surface area contributed by atoms with E-state index in [4.69, 9.17) is 0 Å². The average molecular weight is 351 g/mol. The fraction of sp³-hybridized carbons (Fsp3) is 0.250. The van der Waals surface area contributed by atoms with Gasteiger partial charge in [0.05, 0.1) is 11.1 Å². The topological polar surface area (TPSA) is 78.5 Å². The SMILES string of the molecule is Cc1cc(C)cc(NC(=O)Nc2ccc3c(c2)C(=O)N(C(C)C)C3=O)c1. The van der Waals surface area contributed by atoms with Crippen molar-refractivity contribution >= 4 is 29.2 Å². The van der Waals surface area contributed by atoms with Crippen LogP contribution < -0.4 is 10.6 Å². The number of nitrogens with zero attached hydrogens (tertiary/aromatic N) is 1. The second-order valence-corrected chi connectivity index (χ2v) is 6.79. The van der Waals surface area contributed by atoms with E-state index >= 15 is 0 Å². The number of anilines is 2. The smallest absolute Gasteiger partial charge is 0.308 e. The fourth-order valence-corrected chi connectivity index (χ4v) is 3.15. The molecule has 1 aliphatic heterocycles. The first-order valence-corrected chi connectivity index (χ1v) is 8.44. The van der Waals surface area contributed by atoms with Crippen LogP contribution in [-0.4, -0.2) is 28.8 Å². The van der Waals surface area contributed by atoms with E-state index in [1.54, 1.807) is 32.0 Å². The van der Waals surface area contributed by atoms with E-state index in [1.165, 1.54) is 4.90 Å². The Morgan fingerprint density at radius 1 is 0.846 bits per heavy atom. The highest BCUT2D eigenvalue weighted by Gasteiger charge is 2.37. The highest BCUT2D eigenvalue weighted by Crippen LogP contribution is 2.27. The molecule has 4 amide bonds. The van der Waals surface area contributed by atoms with Gasteiger partial charge in [-0.05, 0) is 69.2 Å². The van der Waals surface area contributed by atoms with Gasteiger partial charge in [0.1, 0.15) is 0 Å². The molecule has 1 heterocycles. The number of rotatable bonds is 3. The van der Waals surface area contributed by atoms with Crippen molar-refractivity contribution in [1.82, 2.24) is 4.90 Å². The van der Waals surface area contributed by atoms with Crippen LogP contribution in [0.15, 0.2) is 36.4 Å². The molecule has 2 N–H and O–H groups in total. The normalized spacial score (nSPS) is 13.2. The van der Waals surface area contributed by atoms with E-state index < -0.39 is 6.03 Å². The summed E-state index contributed by atoms with van der Waals surface area (Å²) in [7, 11) is 0. The minimum absolute atomic E-state index is 0.216. The molecule has 0 fully saturated rings. The molecular weight excluding hydrogens is 330 g/mol. The number of hydrogen-bond acceptors (Lipinski definition) is 3. The number of fused-ring (bicyclic) bond motifs is 1. The number of benzene rings is 2. The Bertz CT molecular complexity index is 898. The Labute approximate surface area is 152 Å². The minimum atomic E-state index is -0.410. The molecule has 0 aromatic heterocycles. The average Bonchev–Trinajstić information content (AvgIpc) is 2.77. The molecule has 0 atom stereocenters. The number of amides is 4. The van der Waals surface area contributed by atoms with Gasteiger partial charge in [-0.25, -0.2) is 4.79 Å². The number of carbonyl (C=O) groups excluding carboxylic acids is 3. The number of aryl methyl sites for hydroxylation is 2. The molecule has 0 saturated heterocycles. The molecule has 2 aromatic carbocycles. The van der Waals surface area contributed by atoms with Crippen LogP contribution in [0.25, 0.3) is 0 Å². The number of carbonyl (C=O) groups is 3. The Morgan fingerprint density at radius 2 is 1.42 bits per heavy atom. The standard InChI is InChI=1S/C20H21N3O3/c1-11(2)23-18(24)16-6-5-14(10-17(16)19(23)25)21-20(26)22-15-8-12(3)7-13(4)9-15/h5-11H,1-4H3,(H2,21,22,26). The lowest BCUT2D eigenvalue weighted by molar-refractivity contribution is 0.0609. The maximum absolute atomic E-state index is 12.4. The maximum atomic E-state index is 12.4. The largest absolute Gasteiger partial charge is 0.323 e. The van der Waals surface area contributed by atoms with Gasteiger partial charge in [0.15, 0.2) is 0 Å². The molecule has 3 rings (SSSR count). The van der Waals surface area contributed by atoms with Crippen LogP contribution in [0.4, 0.5) is 16.2 Å². The van der Waals surface area contributed by atoms with E-state index in [1.807, 2.05) is 32.0 Å². The van der Waals surface area contributed by atoms with Gasteiger partial charge in [0, 0.05) is 17.4 Å². The molecule has 2 aromatic rings. The first-order valence-electron chi connectivity index (χ1n) is 8.44. The van der Waals surface area contributed by atoms with Crippen molar-refractivity contribution < 1.29 is 14.4 Å². The molecule has 134 valence electrons. The monoisotopic (exact) mass is 351 g/mol. The summed E-state index contributed by atoms with van der Waals surface area (Å²) < 4.78 is 0. The van der Waals surface area contributed by atoms with Crippen molar-refractivity contribution in [3.63, 3.8) is 0 Å². The van der Waals surface area contributed by atoms with Crippen molar-refractivity contribution in [3.8, 4) is 0 Å². The zero-order valence-electron chi connectivity index (χ0n) is 15.2. The minimum Gasteiger partial charge on any atom is -0.308 e. The predicted octanol–water partition coefficient (Wildman–Crippen LogP) is 3.95. The zero-order chi connectivity index (χ0) is 19.0. The van der Waals surface area contributed by atoms with Gasteiger partial charge in [-0.3, -0.25) is 14.5 Å². The third-order valence-corrected chi connectivity index (χ3v) is 4.17. The lowest BCUT2D eigenvalue weighted by Crippen LogP contribution is -2.35. The third kappa shape index (κ3) is 3.31. The summed E-state index contributed by atoms with van der Waals surface area (Å²) in [5, 5.41) is 5.48. The van der Waals surface area contributed by atoms with Gasteiger partial charge in [-0.1, -0.05) is 6.07 Å². The molecule has 0 bridgehead atoms. The number of hydrogen-bond donors (Lipinski definition) is 2. The van der Waals surface area contributed by atoms with E-state index in [2.05, 4.69) is 10.6 Å². The second kappa shape index (κ2) is 6.63. The van der Waals surface area contributed by atoms with E-state index in [0.29, 0.717) is 22.5 Å². The van der Waals surface area contributed by atoms with E-state index in [-0.39, 0.29) is 17.9 Å². The van der Waals surface area contributed by atoms with Crippen LogP contribution in [0.5, 0.6) is 0 Å². The first-order chi connectivity index (χ1) is 12.3. The number of nitrogens with one attached hydrogen (secondary N) is 2. The molecular formula is C20H21N3O3. The van der Waals surface area contributed by atoms with Crippen molar-refractivity contribution in [1.29, 1.82) is 0 Å². The van der Waals surface area contributed by atoms with Gasteiger partial charge in [0.25, 0.3) is 11.8 Å². The van der Waals surface area contributed by atoms with Gasteiger partial charge in [-0.15, -0.1) is 0 Å². The zero-order valence-corrected chi connectivity index (χ0v) is 15.2. The Morgan fingerprint density at radius 3 is 2.04 bits per heavy atom. The summed E-state index contributed by atoms with van der Waals surface area (Å²) >= 11 is 0. The van der Waals surface area contributed by atoms with Crippen molar-refractivity contribution in [2.45, 2.75) is 33.7 Å². The van der Waals surface area contributed by atoms with Crippen LogP contribution in [0.2, 0.25) is 0 Å². The predicted molar refractivity (Wildman–Crippen MR) is 101 cm³/mol. The number of urea groups is 1. The molecule has 0 radical (unpaired) electrons. The summed E-state index contributed by atoms with van der Waals surface area (Å²) in [4.78, 5) is 38.2. The first kappa shape index (κ1) is 17.7. The van der Waals surface area contributed by atoms with Crippen LogP contribution in [0.1, 0.15) is 45.7 Å². The summed E-state index contributed by atoms with van der Waals surface area (Å²) in [6.45, 7) is 7.50. The molecule has 0 saturated carbocycles.